The van der Waals surface area contributed by atoms with E-state index in [0.29, 0.717) is 0 Å². The molecule has 0 amide bonds. The molecule has 1 N–H and O–H groups in total. The molecule has 1 heterocycles. The molecule has 15 heavy (non-hydrogen) atoms. The first-order chi connectivity index (χ1) is 7.43. The third-order valence-electron chi connectivity index (χ3n) is 2.51. The fraction of sp³-hybridized carbons (Fsp3) is 0. The molecule has 0 saturated heterocycles. The minimum absolute atomic E-state index is 1.05. The minimum Gasteiger partial charge on any atom is -0.354 e. The van der Waals surface area contributed by atoms with Gasteiger partial charge in [0.25, 0.3) is 0 Å². The summed E-state index contributed by atoms with van der Waals surface area (Å²) in [5, 5.41) is 1.14. The van der Waals surface area contributed by atoms with Crippen molar-refractivity contribution in [2.45, 2.75) is 0 Å². The molecule has 1 radical (unpaired) electrons. The summed E-state index contributed by atoms with van der Waals surface area (Å²) in [6.07, 6.45) is 0. The van der Waals surface area contributed by atoms with Gasteiger partial charge in [0.15, 0.2) is 0 Å². The van der Waals surface area contributed by atoms with Crippen molar-refractivity contribution in [3.8, 4) is 11.3 Å². The van der Waals surface area contributed by atoms with E-state index >= 15 is 0 Å². The van der Waals surface area contributed by atoms with Crippen molar-refractivity contribution in [2.75, 3.05) is 0 Å². The second-order valence-electron chi connectivity index (χ2n) is 3.54. The largest absolute Gasteiger partial charge is 0.354 e. The zero-order valence-electron chi connectivity index (χ0n) is 8.20. The molecule has 0 fully saturated rings. The highest BCUT2D eigenvalue weighted by Gasteiger charge is 2.01. The molecule has 2 aromatic carbocycles. The first-order valence-electron chi connectivity index (χ1n) is 4.99. The average Bonchev–Trinajstić information content (AvgIpc) is 2.74. The molecule has 3 rings (SSSR count). The van der Waals surface area contributed by atoms with Gasteiger partial charge < -0.3 is 4.98 Å². The van der Waals surface area contributed by atoms with Gasteiger partial charge in [-0.1, -0.05) is 48.5 Å². The van der Waals surface area contributed by atoms with Crippen LogP contribution < -0.4 is 0 Å². The molecule has 0 atom stereocenters. The van der Waals surface area contributed by atoms with E-state index in [-0.39, 0.29) is 0 Å². The van der Waals surface area contributed by atoms with E-state index < -0.39 is 0 Å². The fourth-order valence-corrected chi connectivity index (χ4v) is 1.75. The third kappa shape index (κ3) is 1.42. The Bertz CT molecular complexity index is 545. The summed E-state index contributed by atoms with van der Waals surface area (Å²) >= 11 is 0. The summed E-state index contributed by atoms with van der Waals surface area (Å²) < 4.78 is 0. The number of para-hydroxylation sites is 1. The van der Waals surface area contributed by atoms with Crippen LogP contribution in [0.25, 0.3) is 22.2 Å². The molecule has 0 aliphatic heterocycles. The van der Waals surface area contributed by atoms with E-state index in [0.717, 1.165) is 16.6 Å². The Morgan fingerprint density at radius 3 is 2.33 bits per heavy atom. The Hall–Kier alpha value is -2.02. The molecule has 0 spiro atoms. The van der Waals surface area contributed by atoms with E-state index in [4.69, 9.17) is 0 Å². The maximum absolute atomic E-state index is 3.36. The van der Waals surface area contributed by atoms with Gasteiger partial charge in [-0.2, -0.15) is 0 Å². The van der Waals surface area contributed by atoms with Crippen molar-refractivity contribution in [3.63, 3.8) is 0 Å². The average molecular weight is 192 g/mol. The van der Waals surface area contributed by atoms with Gasteiger partial charge in [-0.05, 0) is 11.6 Å². The van der Waals surface area contributed by atoms with Gasteiger partial charge >= 0.3 is 0 Å². The Kier molecular flexibility index (Phi) is 1.82. The first kappa shape index (κ1) is 8.30. The van der Waals surface area contributed by atoms with Crippen LogP contribution in [0.2, 0.25) is 0 Å². The highest BCUT2D eigenvalue weighted by molar-refractivity contribution is 5.84. The van der Waals surface area contributed by atoms with Gasteiger partial charge in [0.1, 0.15) is 0 Å². The van der Waals surface area contributed by atoms with Crippen molar-refractivity contribution in [1.29, 1.82) is 0 Å². The molecule has 1 nitrogen and oxygen atoms in total. The summed E-state index contributed by atoms with van der Waals surface area (Å²) in [5.74, 6) is 0. The zero-order valence-corrected chi connectivity index (χ0v) is 8.20. The van der Waals surface area contributed by atoms with Crippen molar-refractivity contribution in [1.82, 2.24) is 4.98 Å². The van der Waals surface area contributed by atoms with Gasteiger partial charge in [-0.3, -0.25) is 0 Å². The molecule has 0 aliphatic rings. The Morgan fingerprint density at radius 2 is 1.53 bits per heavy atom. The normalized spacial score (nSPS) is 10.7. The number of H-pyrrole nitrogens is 1. The molecule has 1 heteroatoms. The summed E-state index contributed by atoms with van der Waals surface area (Å²) in [6.45, 7) is 0. The summed E-state index contributed by atoms with van der Waals surface area (Å²) in [6, 6.07) is 21.8. The van der Waals surface area contributed by atoms with Crippen molar-refractivity contribution >= 4 is 10.9 Å². The smallest absolute Gasteiger partial charge is 0.0545 e. The summed E-state index contributed by atoms with van der Waals surface area (Å²) in [4.78, 5) is 3.36. The molecule has 3 aromatic rings. The summed E-state index contributed by atoms with van der Waals surface area (Å²) in [7, 11) is 0. The van der Waals surface area contributed by atoms with Crippen LogP contribution in [0.4, 0.5) is 0 Å². The number of fused-ring (bicyclic) bond motifs is 1. The SMILES string of the molecule is [c]1c(-c2ccccc2)[nH]c2ccccc12. The Labute approximate surface area is 88.4 Å². The Morgan fingerprint density at radius 1 is 0.800 bits per heavy atom. The van der Waals surface area contributed by atoms with E-state index in [2.05, 4.69) is 35.3 Å². The number of rotatable bonds is 1. The van der Waals surface area contributed by atoms with Crippen LogP contribution >= 0.6 is 0 Å². The van der Waals surface area contributed by atoms with Crippen LogP contribution in [-0.4, -0.2) is 4.98 Å². The van der Waals surface area contributed by atoms with Gasteiger partial charge in [-0.15, -0.1) is 0 Å². The second kappa shape index (κ2) is 3.28. The molecular formula is C14H10N. The van der Waals surface area contributed by atoms with E-state index in [1.54, 1.807) is 0 Å². The van der Waals surface area contributed by atoms with Gasteiger partial charge in [-0.25, -0.2) is 0 Å². The van der Waals surface area contributed by atoms with Gasteiger partial charge in [0.2, 0.25) is 0 Å². The standard InChI is InChI=1S/C14H10N/c1-2-6-11(7-3-1)14-10-12-8-4-5-9-13(12)15-14/h1-9,15H. The maximum Gasteiger partial charge on any atom is 0.0545 e. The summed E-state index contributed by atoms with van der Waals surface area (Å²) in [5.41, 5.74) is 3.36. The quantitative estimate of drug-likeness (QED) is 0.606. The third-order valence-corrected chi connectivity index (χ3v) is 2.51. The molecule has 0 aliphatic carbocycles. The molecule has 0 unspecified atom stereocenters. The number of aromatic nitrogens is 1. The Balaban J connectivity index is 2.21. The number of hydrogen-bond donors (Lipinski definition) is 1. The molecule has 1 aromatic heterocycles. The topological polar surface area (TPSA) is 15.8 Å². The molecule has 0 bridgehead atoms. The lowest BCUT2D eigenvalue weighted by Gasteiger charge is -1.94. The molecule has 0 saturated carbocycles. The first-order valence-corrected chi connectivity index (χ1v) is 4.99. The zero-order chi connectivity index (χ0) is 10.1. The lowest BCUT2D eigenvalue weighted by molar-refractivity contribution is 1.45. The van der Waals surface area contributed by atoms with Crippen LogP contribution in [0.5, 0.6) is 0 Å². The number of nitrogens with one attached hydrogen (secondary N) is 1. The van der Waals surface area contributed by atoms with E-state index in [1.165, 1.54) is 5.56 Å². The lowest BCUT2D eigenvalue weighted by atomic mass is 10.1. The van der Waals surface area contributed by atoms with Crippen molar-refractivity contribution < 1.29 is 0 Å². The number of aromatic amines is 1. The van der Waals surface area contributed by atoms with Crippen LogP contribution in [0, 0.1) is 6.07 Å². The van der Waals surface area contributed by atoms with E-state index in [1.807, 2.05) is 30.3 Å². The van der Waals surface area contributed by atoms with Crippen molar-refractivity contribution in [2.24, 2.45) is 0 Å². The van der Waals surface area contributed by atoms with Crippen LogP contribution in [0.15, 0.2) is 54.6 Å². The van der Waals surface area contributed by atoms with Gasteiger partial charge in [0.05, 0.1) is 5.69 Å². The monoisotopic (exact) mass is 192 g/mol. The lowest BCUT2D eigenvalue weighted by Crippen LogP contribution is -1.74. The molecule has 71 valence electrons. The van der Waals surface area contributed by atoms with Gasteiger partial charge in [0, 0.05) is 17.0 Å². The van der Waals surface area contributed by atoms with Crippen LogP contribution in [0.1, 0.15) is 0 Å². The predicted molar refractivity (Wildman–Crippen MR) is 62.6 cm³/mol. The second-order valence-corrected chi connectivity index (χ2v) is 3.54. The minimum atomic E-state index is 1.05. The van der Waals surface area contributed by atoms with E-state index in [9.17, 15) is 0 Å². The number of hydrogen-bond acceptors (Lipinski definition) is 0. The fourth-order valence-electron chi connectivity index (χ4n) is 1.75. The van der Waals surface area contributed by atoms with Crippen LogP contribution in [-0.2, 0) is 0 Å². The number of benzene rings is 2. The highest BCUT2D eigenvalue weighted by Crippen LogP contribution is 2.22. The highest BCUT2D eigenvalue weighted by atomic mass is 14.7. The van der Waals surface area contributed by atoms with Crippen LogP contribution in [0.3, 0.4) is 0 Å². The molecular weight excluding hydrogens is 182 g/mol. The predicted octanol–water partition coefficient (Wildman–Crippen LogP) is 3.64. The van der Waals surface area contributed by atoms with Crippen molar-refractivity contribution in [3.05, 3.63) is 60.7 Å². The maximum atomic E-state index is 3.36.